The van der Waals surface area contributed by atoms with Gasteiger partial charge >= 0.3 is 0 Å². The number of H-pyrrole nitrogens is 1. The molecule has 1 heterocycles. The van der Waals surface area contributed by atoms with Crippen molar-refractivity contribution in [3.63, 3.8) is 0 Å². The van der Waals surface area contributed by atoms with E-state index in [0.29, 0.717) is 31.0 Å². The zero-order chi connectivity index (χ0) is 22.8. The summed E-state index contributed by atoms with van der Waals surface area (Å²) in [5.74, 6) is 0.667. The van der Waals surface area contributed by atoms with Crippen LogP contribution in [0.3, 0.4) is 0 Å². The highest BCUT2D eigenvalue weighted by atomic mass is 31.0. The second-order valence-corrected chi connectivity index (χ2v) is 8.61. The minimum absolute atomic E-state index is 0.00132. The van der Waals surface area contributed by atoms with Gasteiger partial charge in [0.05, 0.1) is 6.54 Å². The molecule has 2 unspecified atom stereocenters. The van der Waals surface area contributed by atoms with Crippen LogP contribution in [0.25, 0.3) is 0 Å². The summed E-state index contributed by atoms with van der Waals surface area (Å²) in [5.41, 5.74) is 11.5. The number of allylic oxidation sites excluding steroid dienone is 6. The molecule has 4 N–H and O–H groups in total. The second kappa shape index (κ2) is 12.2. The summed E-state index contributed by atoms with van der Waals surface area (Å²) in [6.07, 6.45) is 13.8. The molecule has 0 fully saturated rings. The number of aldehydes is 1. The Morgan fingerprint density at radius 3 is 3.00 bits per heavy atom. The molecule has 3 rings (SSSR count). The number of carbonyl (C=O) groups is 1. The Labute approximate surface area is 191 Å². The van der Waals surface area contributed by atoms with E-state index in [0.717, 1.165) is 37.3 Å². The first kappa shape index (κ1) is 23.8. The minimum Gasteiger partial charge on any atom is -0.402 e. The fraction of sp³-hybridized carbons (Fsp3) is 0.333. The maximum atomic E-state index is 10.6. The average molecular weight is 451 g/mol. The van der Waals surface area contributed by atoms with Crippen LogP contribution in [0.5, 0.6) is 0 Å². The van der Waals surface area contributed by atoms with E-state index < -0.39 is 0 Å². The number of aromatic nitrogens is 4. The van der Waals surface area contributed by atoms with Crippen molar-refractivity contribution in [3.8, 4) is 0 Å². The average Bonchev–Trinajstić information content (AvgIpc) is 3.21. The highest BCUT2D eigenvalue weighted by Crippen LogP contribution is 2.29. The molecule has 8 heteroatoms. The van der Waals surface area contributed by atoms with E-state index in [1.165, 1.54) is 22.3 Å². The van der Waals surface area contributed by atoms with Crippen molar-refractivity contribution in [1.82, 2.24) is 25.9 Å². The van der Waals surface area contributed by atoms with E-state index in [1.54, 1.807) is 0 Å². The quantitative estimate of drug-likeness (QED) is 0.261. The lowest BCUT2D eigenvalue weighted by molar-refractivity contribution is -0.107. The monoisotopic (exact) mass is 450 g/mol. The van der Waals surface area contributed by atoms with Gasteiger partial charge in [-0.2, -0.15) is 5.21 Å². The summed E-state index contributed by atoms with van der Waals surface area (Å²) in [6.45, 7) is 4.84. The smallest absolute Gasteiger partial charge is 0.182 e. The first-order valence-electron chi connectivity index (χ1n) is 10.8. The van der Waals surface area contributed by atoms with E-state index in [4.69, 9.17) is 5.73 Å². The number of rotatable bonds is 12. The van der Waals surface area contributed by atoms with Crippen molar-refractivity contribution in [2.24, 2.45) is 5.73 Å². The molecular weight excluding hydrogens is 419 g/mol. The molecule has 0 spiro atoms. The van der Waals surface area contributed by atoms with Gasteiger partial charge in [0.1, 0.15) is 6.29 Å². The third-order valence-corrected chi connectivity index (χ3v) is 5.83. The largest absolute Gasteiger partial charge is 0.402 e. The molecule has 2 aromatic rings. The molecule has 2 atom stereocenters. The molecule has 0 saturated heterocycles. The van der Waals surface area contributed by atoms with E-state index in [1.807, 2.05) is 0 Å². The Bertz CT molecular complexity index is 1010. The molecule has 0 radical (unpaired) electrons. The maximum Gasteiger partial charge on any atom is 0.182 e. The fourth-order valence-electron chi connectivity index (χ4n) is 3.91. The molecule has 0 bridgehead atoms. The molecule has 1 aliphatic carbocycles. The first-order valence-corrected chi connectivity index (χ1v) is 11.4. The molecule has 7 nitrogen and oxygen atoms in total. The summed E-state index contributed by atoms with van der Waals surface area (Å²) in [5, 5.41) is 19.1. The van der Waals surface area contributed by atoms with Crippen molar-refractivity contribution in [2.75, 3.05) is 13.1 Å². The second-order valence-electron chi connectivity index (χ2n) is 7.94. The Balaban J connectivity index is 1.76. The lowest BCUT2D eigenvalue weighted by Gasteiger charge is -2.19. The Morgan fingerprint density at radius 2 is 2.25 bits per heavy atom. The van der Waals surface area contributed by atoms with Crippen LogP contribution < -0.4 is 16.4 Å². The van der Waals surface area contributed by atoms with Gasteiger partial charge in [0.15, 0.2) is 5.82 Å². The molecule has 0 saturated carbocycles. The number of nitrogens with one attached hydrogen (secondary N) is 2. The lowest BCUT2D eigenvalue weighted by atomic mass is 9.88. The highest BCUT2D eigenvalue weighted by molar-refractivity contribution is 7.27. The number of aryl methyl sites for hydroxylation is 1. The molecule has 1 aromatic heterocycles. The molecular formula is C24H31N6OP. The van der Waals surface area contributed by atoms with Crippen LogP contribution in [0.2, 0.25) is 0 Å². The van der Waals surface area contributed by atoms with Crippen molar-refractivity contribution < 1.29 is 4.79 Å². The van der Waals surface area contributed by atoms with Gasteiger partial charge in [-0.1, -0.05) is 59.9 Å². The molecule has 0 aliphatic heterocycles. The van der Waals surface area contributed by atoms with Gasteiger partial charge in [-0.3, -0.25) is 0 Å². The van der Waals surface area contributed by atoms with E-state index in [9.17, 15) is 4.79 Å². The summed E-state index contributed by atoms with van der Waals surface area (Å²) < 4.78 is 0. The molecule has 168 valence electrons. The molecule has 1 aromatic carbocycles. The standard InChI is InChI=1S/C24H31N6OP/c1-17(25)15-19-4-2-3-18(5-6-19)7-8-20-16-21(32)9-10-22(20)23(11-12-26-13-14-31)24-27-29-30-28-24/h2-4,6,9-10,14,16,23,26H,1,5,7-8,11-13,15,25,32H2,(H,27,28,29,30). The summed E-state index contributed by atoms with van der Waals surface area (Å²) >= 11 is 0. The van der Waals surface area contributed by atoms with E-state index in [-0.39, 0.29) is 5.92 Å². The summed E-state index contributed by atoms with van der Waals surface area (Å²) in [6, 6.07) is 6.47. The number of aromatic amines is 1. The van der Waals surface area contributed by atoms with Crippen LogP contribution in [0.15, 0.2) is 65.9 Å². The molecule has 0 amide bonds. The SMILES string of the molecule is C=C(N)CC1=CCC(CCc2cc(P)ccc2C(CCNCC=O)c2nn[nH]n2)=CC=C1. The zero-order valence-electron chi connectivity index (χ0n) is 18.3. The number of tetrazole rings is 1. The third-order valence-electron chi connectivity index (χ3n) is 5.47. The predicted octanol–water partition coefficient (Wildman–Crippen LogP) is 2.62. The number of carbonyl (C=O) groups excluding carboxylic acids is 1. The van der Waals surface area contributed by atoms with Gasteiger partial charge < -0.3 is 15.8 Å². The molecule has 32 heavy (non-hydrogen) atoms. The normalized spacial score (nSPS) is 14.4. The minimum atomic E-state index is -0.00132. The van der Waals surface area contributed by atoms with Crippen LogP contribution in [-0.2, 0) is 11.2 Å². The number of hydrogen-bond donors (Lipinski definition) is 3. The van der Waals surface area contributed by atoms with E-state index >= 15 is 0 Å². The Morgan fingerprint density at radius 1 is 1.38 bits per heavy atom. The van der Waals surface area contributed by atoms with Crippen LogP contribution >= 0.6 is 9.24 Å². The fourth-order valence-corrected chi connectivity index (χ4v) is 4.21. The third kappa shape index (κ3) is 7.08. The number of nitrogens with two attached hydrogens (primary N) is 1. The molecule has 1 aliphatic rings. The van der Waals surface area contributed by atoms with Crippen molar-refractivity contribution in [2.45, 2.75) is 38.0 Å². The number of benzene rings is 1. The first-order chi connectivity index (χ1) is 15.6. The Kier molecular flexibility index (Phi) is 9.08. The predicted molar refractivity (Wildman–Crippen MR) is 132 cm³/mol. The van der Waals surface area contributed by atoms with E-state index in [2.05, 4.69) is 84.3 Å². The maximum absolute atomic E-state index is 10.6. The van der Waals surface area contributed by atoms with Gasteiger partial charge in [-0.25, -0.2) is 0 Å². The van der Waals surface area contributed by atoms with Crippen LogP contribution in [0.1, 0.15) is 48.6 Å². The van der Waals surface area contributed by atoms with Gasteiger partial charge in [0.2, 0.25) is 0 Å². The van der Waals surface area contributed by atoms with Crippen LogP contribution in [0, 0.1) is 0 Å². The number of nitrogens with zero attached hydrogens (tertiary/aromatic N) is 3. The van der Waals surface area contributed by atoms with Gasteiger partial charge in [0, 0.05) is 18.0 Å². The Hall–Kier alpha value is -2.89. The van der Waals surface area contributed by atoms with Gasteiger partial charge in [0.25, 0.3) is 0 Å². The lowest BCUT2D eigenvalue weighted by Crippen LogP contribution is -2.21. The summed E-state index contributed by atoms with van der Waals surface area (Å²) in [7, 11) is 2.78. The van der Waals surface area contributed by atoms with Crippen molar-refractivity contribution >= 4 is 20.8 Å². The topological polar surface area (TPSA) is 110 Å². The van der Waals surface area contributed by atoms with Crippen LogP contribution in [-0.4, -0.2) is 40.0 Å². The number of hydrogen-bond acceptors (Lipinski definition) is 6. The van der Waals surface area contributed by atoms with Gasteiger partial charge in [-0.05, 0) is 54.2 Å². The van der Waals surface area contributed by atoms with Gasteiger partial charge in [-0.15, -0.1) is 19.4 Å². The van der Waals surface area contributed by atoms with Crippen molar-refractivity contribution in [3.05, 3.63) is 82.9 Å². The summed E-state index contributed by atoms with van der Waals surface area (Å²) in [4.78, 5) is 10.6. The highest BCUT2D eigenvalue weighted by Gasteiger charge is 2.21. The van der Waals surface area contributed by atoms with Crippen LogP contribution in [0.4, 0.5) is 0 Å². The van der Waals surface area contributed by atoms with Crippen molar-refractivity contribution in [1.29, 1.82) is 0 Å². The zero-order valence-corrected chi connectivity index (χ0v) is 19.4.